The van der Waals surface area contributed by atoms with Crippen LogP contribution in [-0.2, 0) is 13.2 Å². The molecule has 1 N–H and O–H groups in total. The van der Waals surface area contributed by atoms with Crippen molar-refractivity contribution < 1.29 is 18.7 Å². The van der Waals surface area contributed by atoms with Crippen molar-refractivity contribution in [2.45, 2.75) is 13.2 Å². The molecule has 2 heterocycles. The number of aromatic nitrogens is 2. The quantitative estimate of drug-likeness (QED) is 0.515. The van der Waals surface area contributed by atoms with Crippen molar-refractivity contribution in [3.8, 4) is 11.5 Å². The van der Waals surface area contributed by atoms with Crippen LogP contribution in [0.1, 0.15) is 22.1 Å². The number of benzene rings is 2. The molecule has 1 amide bonds. The zero-order chi connectivity index (χ0) is 20.2. The van der Waals surface area contributed by atoms with E-state index >= 15 is 0 Å². The number of fused-ring (bicyclic) bond motifs is 1. The maximum absolute atomic E-state index is 12.7. The smallest absolute Gasteiger partial charge is 0.289 e. The first-order valence-electron chi connectivity index (χ1n) is 9.17. The molecule has 0 saturated heterocycles. The van der Waals surface area contributed by atoms with E-state index in [9.17, 15) is 4.79 Å². The third-order valence-electron chi connectivity index (χ3n) is 4.48. The van der Waals surface area contributed by atoms with Gasteiger partial charge < -0.3 is 23.8 Å². The van der Waals surface area contributed by atoms with Gasteiger partial charge in [0.1, 0.15) is 18.2 Å². The van der Waals surface area contributed by atoms with E-state index in [0.717, 1.165) is 11.0 Å². The van der Waals surface area contributed by atoms with E-state index in [-0.39, 0.29) is 18.3 Å². The third-order valence-corrected chi connectivity index (χ3v) is 4.48. The van der Waals surface area contributed by atoms with Crippen molar-refractivity contribution in [2.75, 3.05) is 14.2 Å². The number of carbonyl (C=O) groups is 1. The molecule has 0 aliphatic carbocycles. The Morgan fingerprint density at radius 2 is 1.83 bits per heavy atom. The number of nitrogens with zero attached hydrogens (tertiary/aromatic N) is 2. The highest BCUT2D eigenvalue weighted by molar-refractivity contribution is 5.91. The van der Waals surface area contributed by atoms with Gasteiger partial charge in [-0.3, -0.25) is 4.79 Å². The van der Waals surface area contributed by atoms with Crippen LogP contribution >= 0.6 is 0 Å². The average molecular weight is 391 g/mol. The van der Waals surface area contributed by atoms with Gasteiger partial charge in [-0.25, -0.2) is 4.98 Å². The number of methoxy groups -OCH3 is 1. The van der Waals surface area contributed by atoms with Crippen LogP contribution in [0, 0.1) is 0 Å². The van der Waals surface area contributed by atoms with Crippen LogP contribution in [-0.4, -0.2) is 34.9 Å². The second-order valence-corrected chi connectivity index (χ2v) is 6.57. The molecule has 0 saturated carbocycles. The number of imidazole rings is 1. The minimum atomic E-state index is -0.228. The Labute approximate surface area is 167 Å². The summed E-state index contributed by atoms with van der Waals surface area (Å²) in [4.78, 5) is 22.0. The number of ether oxygens (including phenoxy) is 2. The summed E-state index contributed by atoms with van der Waals surface area (Å²) in [6.45, 7) is 0.544. The average Bonchev–Trinajstić information content (AvgIpc) is 3.38. The standard InChI is InChI=1S/C22H21N3O4/c1-25(13-21-23-16-7-3-4-8-17(16)24-21)22(26)20-12-11-15(29-20)14-28-19-10-6-5-9-18(19)27-2/h3-12H,13-14H2,1-2H3,(H,23,24). The molecule has 148 valence electrons. The Morgan fingerprint density at radius 1 is 1.07 bits per heavy atom. The lowest BCUT2D eigenvalue weighted by Crippen LogP contribution is -2.26. The SMILES string of the molecule is COc1ccccc1OCc1ccc(C(=O)N(C)Cc2nc3ccccc3[nH]2)o1. The predicted molar refractivity (Wildman–Crippen MR) is 108 cm³/mol. The molecule has 4 aromatic rings. The summed E-state index contributed by atoms with van der Waals surface area (Å²) in [5.41, 5.74) is 1.81. The van der Waals surface area contributed by atoms with E-state index in [2.05, 4.69) is 9.97 Å². The summed E-state index contributed by atoms with van der Waals surface area (Å²) in [6.07, 6.45) is 0. The van der Waals surface area contributed by atoms with E-state index in [4.69, 9.17) is 13.9 Å². The first-order valence-corrected chi connectivity index (χ1v) is 9.17. The molecule has 7 heteroatoms. The summed E-state index contributed by atoms with van der Waals surface area (Å²) in [7, 11) is 3.30. The number of nitrogens with one attached hydrogen (secondary N) is 1. The first-order chi connectivity index (χ1) is 14.1. The van der Waals surface area contributed by atoms with Gasteiger partial charge in [0.25, 0.3) is 5.91 Å². The van der Waals surface area contributed by atoms with Crippen LogP contribution < -0.4 is 9.47 Å². The number of furan rings is 1. The van der Waals surface area contributed by atoms with Gasteiger partial charge in [-0.2, -0.15) is 0 Å². The normalized spacial score (nSPS) is 10.8. The second kappa shape index (κ2) is 8.10. The number of rotatable bonds is 7. The highest BCUT2D eigenvalue weighted by atomic mass is 16.5. The van der Waals surface area contributed by atoms with Gasteiger partial charge >= 0.3 is 0 Å². The Balaban J connectivity index is 1.39. The minimum absolute atomic E-state index is 0.195. The number of amides is 1. The molecule has 0 fully saturated rings. The molecule has 2 aromatic carbocycles. The summed E-state index contributed by atoms with van der Waals surface area (Å²) in [5, 5.41) is 0. The molecular formula is C22H21N3O4. The van der Waals surface area contributed by atoms with Crippen molar-refractivity contribution in [3.63, 3.8) is 0 Å². The molecule has 0 spiro atoms. The number of carbonyl (C=O) groups excluding carboxylic acids is 1. The van der Waals surface area contributed by atoms with Gasteiger partial charge in [0.2, 0.25) is 0 Å². The lowest BCUT2D eigenvalue weighted by Gasteiger charge is -2.14. The topological polar surface area (TPSA) is 80.6 Å². The van der Waals surface area contributed by atoms with Gasteiger partial charge in [0.15, 0.2) is 17.3 Å². The fraction of sp³-hybridized carbons (Fsp3) is 0.182. The molecule has 7 nitrogen and oxygen atoms in total. The highest BCUT2D eigenvalue weighted by Gasteiger charge is 2.18. The van der Waals surface area contributed by atoms with Gasteiger partial charge in [-0.15, -0.1) is 0 Å². The summed E-state index contributed by atoms with van der Waals surface area (Å²) >= 11 is 0. The molecule has 4 rings (SSSR count). The second-order valence-electron chi connectivity index (χ2n) is 6.57. The number of aromatic amines is 1. The Bertz CT molecular complexity index is 1100. The molecular weight excluding hydrogens is 370 g/mol. The van der Waals surface area contributed by atoms with Crippen molar-refractivity contribution in [2.24, 2.45) is 0 Å². The fourth-order valence-corrected chi connectivity index (χ4v) is 3.02. The summed E-state index contributed by atoms with van der Waals surface area (Å²) in [6, 6.07) is 18.5. The predicted octanol–water partition coefficient (Wildman–Crippen LogP) is 4.02. The van der Waals surface area contributed by atoms with Gasteiger partial charge in [-0.05, 0) is 36.4 Å². The molecule has 0 radical (unpaired) electrons. The number of H-pyrrole nitrogens is 1. The van der Waals surface area contributed by atoms with Crippen molar-refractivity contribution in [1.82, 2.24) is 14.9 Å². The van der Waals surface area contributed by atoms with E-state index in [1.165, 1.54) is 0 Å². The van der Waals surface area contributed by atoms with Gasteiger partial charge in [-0.1, -0.05) is 24.3 Å². The monoisotopic (exact) mass is 391 g/mol. The Morgan fingerprint density at radius 3 is 2.62 bits per heavy atom. The highest BCUT2D eigenvalue weighted by Crippen LogP contribution is 2.27. The van der Waals surface area contributed by atoms with Crippen molar-refractivity contribution >= 4 is 16.9 Å². The molecule has 29 heavy (non-hydrogen) atoms. The van der Waals surface area contributed by atoms with Crippen LogP contribution in [0.3, 0.4) is 0 Å². The van der Waals surface area contributed by atoms with E-state index in [1.54, 1.807) is 31.2 Å². The molecule has 2 aromatic heterocycles. The van der Waals surface area contributed by atoms with Crippen LogP contribution in [0.15, 0.2) is 65.1 Å². The number of hydrogen-bond donors (Lipinski definition) is 1. The fourth-order valence-electron chi connectivity index (χ4n) is 3.02. The van der Waals surface area contributed by atoms with Crippen LogP contribution in [0.4, 0.5) is 0 Å². The number of hydrogen-bond acceptors (Lipinski definition) is 5. The van der Waals surface area contributed by atoms with Crippen molar-refractivity contribution in [1.29, 1.82) is 0 Å². The van der Waals surface area contributed by atoms with Gasteiger partial charge in [0, 0.05) is 7.05 Å². The maximum Gasteiger partial charge on any atom is 0.289 e. The maximum atomic E-state index is 12.7. The third kappa shape index (κ3) is 4.08. The molecule has 0 atom stereocenters. The van der Waals surface area contributed by atoms with Crippen LogP contribution in [0.2, 0.25) is 0 Å². The van der Waals surface area contributed by atoms with E-state index < -0.39 is 0 Å². The molecule has 0 aliphatic rings. The molecule has 0 aliphatic heterocycles. The van der Waals surface area contributed by atoms with E-state index in [0.29, 0.717) is 29.6 Å². The lowest BCUT2D eigenvalue weighted by atomic mass is 10.3. The van der Waals surface area contributed by atoms with E-state index in [1.807, 2.05) is 48.5 Å². The van der Waals surface area contributed by atoms with Crippen LogP contribution in [0.5, 0.6) is 11.5 Å². The first kappa shape index (κ1) is 18.6. The Kier molecular flexibility index (Phi) is 5.20. The van der Waals surface area contributed by atoms with Crippen molar-refractivity contribution in [3.05, 3.63) is 78.0 Å². The minimum Gasteiger partial charge on any atom is -0.493 e. The zero-order valence-corrected chi connectivity index (χ0v) is 16.2. The van der Waals surface area contributed by atoms with Gasteiger partial charge in [0.05, 0.1) is 24.7 Å². The molecule has 0 unspecified atom stereocenters. The summed E-state index contributed by atoms with van der Waals surface area (Å²) < 4.78 is 16.7. The largest absolute Gasteiger partial charge is 0.493 e. The number of para-hydroxylation sites is 4. The van der Waals surface area contributed by atoms with Crippen LogP contribution in [0.25, 0.3) is 11.0 Å². The molecule has 0 bridgehead atoms. The zero-order valence-electron chi connectivity index (χ0n) is 16.2. The Hall–Kier alpha value is -3.74. The summed E-state index contributed by atoms with van der Waals surface area (Å²) in [5.74, 6) is 2.54. The lowest BCUT2D eigenvalue weighted by molar-refractivity contribution is 0.0746.